The van der Waals surface area contributed by atoms with Crippen LogP contribution in [0.2, 0.25) is 0 Å². The van der Waals surface area contributed by atoms with E-state index in [4.69, 9.17) is 0 Å². The van der Waals surface area contributed by atoms with Gasteiger partial charge in [0.1, 0.15) is 0 Å². The molecule has 0 spiro atoms. The van der Waals surface area contributed by atoms with Crippen molar-refractivity contribution < 1.29 is 4.79 Å². The third-order valence-electron chi connectivity index (χ3n) is 1.12. The topological polar surface area (TPSA) is 17.1 Å². The van der Waals surface area contributed by atoms with E-state index in [-0.39, 0.29) is 0 Å². The van der Waals surface area contributed by atoms with E-state index in [1.165, 1.54) is 16.9 Å². The standard InChI is InChI=1S/C7H7AsO/c8-7-4-2-1-3-6(7)5-9/h1-5H,8H2. The Bertz CT molecular complexity index is 220. The summed E-state index contributed by atoms with van der Waals surface area (Å²) in [5.41, 5.74) is 0.803. The van der Waals surface area contributed by atoms with Crippen molar-refractivity contribution in [1.29, 1.82) is 0 Å². The Kier molecular flexibility index (Phi) is 2.07. The predicted octanol–water partition coefficient (Wildman–Crippen LogP) is -0.243. The van der Waals surface area contributed by atoms with Gasteiger partial charge in [0.25, 0.3) is 0 Å². The Morgan fingerprint density at radius 3 is 2.44 bits per heavy atom. The maximum absolute atomic E-state index is 10.2. The van der Waals surface area contributed by atoms with Crippen LogP contribution >= 0.6 is 0 Å². The molecule has 1 aromatic carbocycles. The van der Waals surface area contributed by atoms with Gasteiger partial charge in [-0.05, 0) is 0 Å². The number of rotatable bonds is 1. The molecule has 0 aromatic heterocycles. The fraction of sp³-hybridized carbons (Fsp3) is 0. The van der Waals surface area contributed by atoms with E-state index in [1.807, 2.05) is 24.3 Å². The zero-order valence-corrected chi connectivity index (χ0v) is 7.29. The molecule has 1 atom stereocenters. The van der Waals surface area contributed by atoms with Gasteiger partial charge in [-0.15, -0.1) is 0 Å². The molecule has 9 heavy (non-hydrogen) atoms. The zero-order chi connectivity index (χ0) is 6.69. The van der Waals surface area contributed by atoms with Crippen LogP contribution in [0.15, 0.2) is 24.3 Å². The Labute approximate surface area is 62.6 Å². The average Bonchev–Trinajstić information content (AvgIpc) is 1.89. The molecule has 1 aromatic rings. The molecule has 0 amide bonds. The Hall–Kier alpha value is -0.552. The fourth-order valence-corrected chi connectivity index (χ4v) is 1.20. The summed E-state index contributed by atoms with van der Waals surface area (Å²) < 4.78 is 1.10. The Balaban J connectivity index is 3.15. The molecule has 0 aliphatic heterocycles. The molecule has 0 N–H and O–H groups in total. The van der Waals surface area contributed by atoms with Crippen molar-refractivity contribution >= 4 is 27.5 Å². The summed E-state index contributed by atoms with van der Waals surface area (Å²) in [4.78, 5) is 10.2. The molecule has 0 saturated heterocycles. The van der Waals surface area contributed by atoms with Crippen LogP contribution in [0.25, 0.3) is 0 Å². The molecule has 0 saturated carbocycles. The monoisotopic (exact) mass is 182 g/mol. The number of hydrogen-bond donors (Lipinski definition) is 0. The van der Waals surface area contributed by atoms with Gasteiger partial charge in [0, 0.05) is 0 Å². The van der Waals surface area contributed by atoms with Crippen molar-refractivity contribution in [3.05, 3.63) is 29.8 Å². The van der Waals surface area contributed by atoms with E-state index >= 15 is 0 Å². The van der Waals surface area contributed by atoms with Crippen LogP contribution in [0.3, 0.4) is 0 Å². The molecule has 0 bridgehead atoms. The molecule has 1 unspecified atom stereocenters. The van der Waals surface area contributed by atoms with E-state index in [9.17, 15) is 4.79 Å². The molecule has 0 aliphatic carbocycles. The minimum absolute atomic E-state index is 0.803. The first kappa shape index (κ1) is 6.57. The number of aldehydes is 1. The number of benzene rings is 1. The van der Waals surface area contributed by atoms with Crippen LogP contribution < -0.4 is 4.35 Å². The van der Waals surface area contributed by atoms with Gasteiger partial charge in [0.2, 0.25) is 0 Å². The average molecular weight is 182 g/mol. The summed E-state index contributed by atoms with van der Waals surface area (Å²) >= 11 is 1.49. The van der Waals surface area contributed by atoms with Crippen LogP contribution in [-0.2, 0) is 0 Å². The predicted molar refractivity (Wildman–Crippen MR) is 40.0 cm³/mol. The molecule has 1 nitrogen and oxygen atoms in total. The molecule has 46 valence electrons. The van der Waals surface area contributed by atoms with E-state index in [0.717, 1.165) is 16.2 Å². The second-order valence-electron chi connectivity index (χ2n) is 1.75. The van der Waals surface area contributed by atoms with Crippen molar-refractivity contribution in [2.75, 3.05) is 0 Å². The Morgan fingerprint density at radius 1 is 1.33 bits per heavy atom. The molecule has 0 radical (unpaired) electrons. The summed E-state index contributed by atoms with van der Waals surface area (Å²) in [5, 5.41) is 0. The first-order chi connectivity index (χ1) is 4.34. The summed E-state index contributed by atoms with van der Waals surface area (Å²) in [6.45, 7) is 0. The van der Waals surface area contributed by atoms with Gasteiger partial charge < -0.3 is 0 Å². The SMILES string of the molecule is O=Cc1ccccc1[AsH2]. The van der Waals surface area contributed by atoms with Crippen LogP contribution in [0.1, 0.15) is 10.4 Å². The molecular weight excluding hydrogens is 175 g/mol. The first-order valence-electron chi connectivity index (χ1n) is 2.64. The van der Waals surface area contributed by atoms with Gasteiger partial charge in [-0.2, -0.15) is 0 Å². The van der Waals surface area contributed by atoms with Crippen LogP contribution in [-0.4, -0.2) is 23.1 Å². The van der Waals surface area contributed by atoms with E-state index in [0.29, 0.717) is 0 Å². The summed E-state index contributed by atoms with van der Waals surface area (Å²) in [7, 11) is 0. The fourth-order valence-electron chi connectivity index (χ4n) is 0.618. The van der Waals surface area contributed by atoms with Gasteiger partial charge in [-0.3, -0.25) is 0 Å². The van der Waals surface area contributed by atoms with Crippen molar-refractivity contribution in [2.45, 2.75) is 0 Å². The summed E-state index contributed by atoms with van der Waals surface area (Å²) in [6.07, 6.45) is 0.886. The van der Waals surface area contributed by atoms with Crippen LogP contribution in [0.5, 0.6) is 0 Å². The van der Waals surface area contributed by atoms with Crippen molar-refractivity contribution in [3.8, 4) is 0 Å². The normalized spacial score (nSPS) is 9.00. The van der Waals surface area contributed by atoms with Gasteiger partial charge in [0.05, 0.1) is 0 Å². The second kappa shape index (κ2) is 2.84. The Morgan fingerprint density at radius 2 is 2.00 bits per heavy atom. The van der Waals surface area contributed by atoms with Gasteiger partial charge in [-0.1, -0.05) is 0 Å². The van der Waals surface area contributed by atoms with Crippen molar-refractivity contribution in [3.63, 3.8) is 0 Å². The maximum atomic E-state index is 10.2. The second-order valence-corrected chi connectivity index (χ2v) is 3.05. The number of carbonyl (C=O) groups excluding carboxylic acids is 1. The zero-order valence-electron chi connectivity index (χ0n) is 4.87. The third-order valence-corrected chi connectivity index (χ3v) is 2.23. The van der Waals surface area contributed by atoms with E-state index in [1.54, 1.807) is 0 Å². The summed E-state index contributed by atoms with van der Waals surface area (Å²) in [5.74, 6) is 0. The first-order valence-corrected chi connectivity index (χ1v) is 3.85. The van der Waals surface area contributed by atoms with E-state index < -0.39 is 0 Å². The van der Waals surface area contributed by atoms with Gasteiger partial charge in [0.15, 0.2) is 0 Å². The molecule has 0 aliphatic rings. The molecule has 0 fully saturated rings. The molecule has 1 rings (SSSR count). The van der Waals surface area contributed by atoms with Crippen molar-refractivity contribution in [1.82, 2.24) is 0 Å². The van der Waals surface area contributed by atoms with E-state index in [2.05, 4.69) is 0 Å². The molecule has 0 heterocycles. The van der Waals surface area contributed by atoms with Gasteiger partial charge >= 0.3 is 62.1 Å². The summed E-state index contributed by atoms with van der Waals surface area (Å²) in [6, 6.07) is 7.57. The quantitative estimate of drug-likeness (QED) is 0.432. The number of hydrogen-bond acceptors (Lipinski definition) is 1. The third kappa shape index (κ3) is 1.43. The molecular formula is C7H7AsO. The van der Waals surface area contributed by atoms with Crippen molar-refractivity contribution in [2.24, 2.45) is 0 Å². The van der Waals surface area contributed by atoms with Crippen LogP contribution in [0.4, 0.5) is 0 Å². The van der Waals surface area contributed by atoms with Gasteiger partial charge in [-0.25, -0.2) is 0 Å². The molecule has 2 heteroatoms. The number of carbonyl (C=O) groups is 1. The minimum atomic E-state index is 0.803. The van der Waals surface area contributed by atoms with Crippen LogP contribution in [0, 0.1) is 0 Å².